The van der Waals surface area contributed by atoms with Gasteiger partial charge in [-0.25, -0.2) is 0 Å². The normalized spacial score (nSPS) is 17.6. The molecule has 50 heavy (non-hydrogen) atoms. The second-order valence-corrected chi connectivity index (χ2v) is 14.0. The van der Waals surface area contributed by atoms with Crippen molar-refractivity contribution in [3.63, 3.8) is 0 Å². The van der Waals surface area contributed by atoms with Gasteiger partial charge in [0, 0.05) is 38.0 Å². The largest absolute Gasteiger partial charge is 0.493 e. The van der Waals surface area contributed by atoms with Gasteiger partial charge in [0.2, 0.25) is 11.8 Å². The fourth-order valence-corrected chi connectivity index (χ4v) is 6.96. The van der Waals surface area contributed by atoms with Crippen molar-refractivity contribution in [3.05, 3.63) is 155 Å². The van der Waals surface area contributed by atoms with Crippen LogP contribution in [0.5, 0.6) is 11.5 Å². The molecule has 4 aromatic carbocycles. The molecule has 0 spiro atoms. The SMILES string of the molecule is C=CC(=O)N1Cc2cc(OCC(C)C/C=C/C(=O)N3Cc4cc(OCC(C)C)ccc4[C@@H](c4ccccc4)C3)ccc2[C@H](c2ccccc2)C1. The summed E-state index contributed by atoms with van der Waals surface area (Å²) in [5, 5.41) is 0. The molecule has 2 aliphatic rings. The molecule has 6 heteroatoms. The number of allylic oxidation sites excluding steroid dienone is 1. The van der Waals surface area contributed by atoms with Gasteiger partial charge >= 0.3 is 0 Å². The molecule has 0 fully saturated rings. The zero-order valence-corrected chi connectivity index (χ0v) is 29.5. The standard InChI is InChI=1S/C44H48N2O4/c1-5-43(47)45-25-35-24-38(20-22-39(35)41(27-45)33-14-8-6-9-15-33)50-30-32(4)13-12-18-44(48)46-26-36-23-37(49-29-31(2)3)19-21-40(36)42(28-46)34-16-10-7-11-17-34/h5-12,14-24,31-32,41-42H,1,13,25-30H2,2-4H3/b18-12+/t32?,41-,42+/m0/s1. The van der Waals surface area contributed by atoms with Crippen molar-refractivity contribution in [2.45, 2.75) is 52.1 Å². The Morgan fingerprint density at radius 3 is 1.72 bits per heavy atom. The van der Waals surface area contributed by atoms with E-state index in [1.54, 1.807) is 6.08 Å². The highest BCUT2D eigenvalue weighted by atomic mass is 16.5. The predicted molar refractivity (Wildman–Crippen MR) is 199 cm³/mol. The molecule has 0 aromatic heterocycles. The molecule has 0 radical (unpaired) electrons. The van der Waals surface area contributed by atoms with Crippen molar-refractivity contribution in [2.75, 3.05) is 26.3 Å². The quantitative estimate of drug-likeness (QED) is 0.142. The summed E-state index contributed by atoms with van der Waals surface area (Å²) < 4.78 is 12.3. The van der Waals surface area contributed by atoms with E-state index in [1.807, 2.05) is 46.2 Å². The zero-order valence-electron chi connectivity index (χ0n) is 29.5. The maximum atomic E-state index is 13.5. The summed E-state index contributed by atoms with van der Waals surface area (Å²) in [7, 11) is 0. The topological polar surface area (TPSA) is 59.1 Å². The second-order valence-electron chi connectivity index (χ2n) is 14.0. The number of nitrogens with zero attached hydrogens (tertiary/aromatic N) is 2. The fourth-order valence-electron chi connectivity index (χ4n) is 6.96. The van der Waals surface area contributed by atoms with Crippen molar-refractivity contribution in [3.8, 4) is 11.5 Å². The van der Waals surface area contributed by atoms with Gasteiger partial charge in [-0.3, -0.25) is 9.59 Å². The average molecular weight is 669 g/mol. The minimum atomic E-state index is -0.0670. The van der Waals surface area contributed by atoms with Crippen LogP contribution in [0.25, 0.3) is 0 Å². The number of carbonyl (C=O) groups excluding carboxylic acids is 2. The first-order valence-electron chi connectivity index (χ1n) is 17.8. The summed E-state index contributed by atoms with van der Waals surface area (Å²) in [6.07, 6.45) is 5.80. The Labute approximate surface area is 297 Å². The number of hydrogen-bond donors (Lipinski definition) is 0. The van der Waals surface area contributed by atoms with E-state index >= 15 is 0 Å². The highest BCUT2D eigenvalue weighted by Crippen LogP contribution is 2.37. The molecule has 0 aliphatic carbocycles. The highest BCUT2D eigenvalue weighted by Gasteiger charge is 2.30. The van der Waals surface area contributed by atoms with Gasteiger partial charge in [-0.05, 0) is 88.1 Å². The first-order valence-corrected chi connectivity index (χ1v) is 17.8. The van der Waals surface area contributed by atoms with E-state index in [-0.39, 0.29) is 29.6 Å². The Morgan fingerprint density at radius 1 is 0.720 bits per heavy atom. The van der Waals surface area contributed by atoms with Crippen molar-refractivity contribution in [1.82, 2.24) is 9.80 Å². The first kappa shape index (κ1) is 34.8. The van der Waals surface area contributed by atoms with Gasteiger partial charge in [-0.15, -0.1) is 0 Å². The van der Waals surface area contributed by atoms with E-state index in [0.29, 0.717) is 51.7 Å². The summed E-state index contributed by atoms with van der Waals surface area (Å²) in [4.78, 5) is 30.0. The van der Waals surface area contributed by atoms with Crippen molar-refractivity contribution < 1.29 is 19.1 Å². The monoisotopic (exact) mass is 668 g/mol. The Bertz CT molecular complexity index is 1820. The predicted octanol–water partition coefficient (Wildman–Crippen LogP) is 8.52. The second kappa shape index (κ2) is 16.1. The van der Waals surface area contributed by atoms with Crippen LogP contribution in [0.4, 0.5) is 0 Å². The van der Waals surface area contributed by atoms with E-state index in [9.17, 15) is 9.59 Å². The van der Waals surface area contributed by atoms with Crippen LogP contribution in [-0.2, 0) is 22.7 Å². The number of benzene rings is 4. The summed E-state index contributed by atoms with van der Waals surface area (Å²) in [6, 6.07) is 33.3. The van der Waals surface area contributed by atoms with Crippen LogP contribution in [0, 0.1) is 11.8 Å². The molecule has 2 aliphatic heterocycles. The number of ether oxygens (including phenoxy) is 2. The van der Waals surface area contributed by atoms with Gasteiger partial charge in [-0.1, -0.05) is 106 Å². The van der Waals surface area contributed by atoms with E-state index in [1.165, 1.54) is 28.3 Å². The molecule has 3 atom stereocenters. The Balaban J connectivity index is 1.08. The molecule has 0 bridgehead atoms. The van der Waals surface area contributed by atoms with Crippen molar-refractivity contribution in [2.24, 2.45) is 11.8 Å². The molecular formula is C44H48N2O4. The molecule has 258 valence electrons. The Morgan fingerprint density at radius 2 is 1.22 bits per heavy atom. The van der Waals surface area contributed by atoms with E-state index in [2.05, 4.69) is 94.1 Å². The number of hydrogen-bond acceptors (Lipinski definition) is 4. The molecule has 0 N–H and O–H groups in total. The molecule has 1 unspecified atom stereocenters. The Kier molecular flexibility index (Phi) is 11.2. The van der Waals surface area contributed by atoms with Crippen LogP contribution < -0.4 is 9.47 Å². The van der Waals surface area contributed by atoms with Crippen LogP contribution >= 0.6 is 0 Å². The van der Waals surface area contributed by atoms with Gasteiger partial charge in [0.1, 0.15) is 11.5 Å². The molecule has 6 nitrogen and oxygen atoms in total. The van der Waals surface area contributed by atoms with Gasteiger partial charge in [0.05, 0.1) is 13.2 Å². The maximum Gasteiger partial charge on any atom is 0.246 e. The van der Waals surface area contributed by atoms with Crippen molar-refractivity contribution >= 4 is 11.8 Å². The lowest BCUT2D eigenvalue weighted by Crippen LogP contribution is -2.37. The molecule has 2 heterocycles. The summed E-state index contributed by atoms with van der Waals surface area (Å²) in [5.74, 6) is 2.41. The molecule has 0 saturated heterocycles. The average Bonchev–Trinajstić information content (AvgIpc) is 3.15. The van der Waals surface area contributed by atoms with Gasteiger partial charge in [0.25, 0.3) is 0 Å². The first-order chi connectivity index (χ1) is 24.3. The lowest BCUT2D eigenvalue weighted by atomic mass is 9.84. The lowest BCUT2D eigenvalue weighted by Gasteiger charge is -2.35. The number of fused-ring (bicyclic) bond motifs is 2. The van der Waals surface area contributed by atoms with Crippen LogP contribution in [0.15, 0.2) is 122 Å². The van der Waals surface area contributed by atoms with E-state index in [4.69, 9.17) is 9.47 Å². The van der Waals surface area contributed by atoms with Crippen LogP contribution in [0.1, 0.15) is 72.4 Å². The van der Waals surface area contributed by atoms with Crippen LogP contribution in [-0.4, -0.2) is 47.9 Å². The smallest absolute Gasteiger partial charge is 0.246 e. The van der Waals surface area contributed by atoms with Crippen LogP contribution in [0.2, 0.25) is 0 Å². The third-order valence-corrected chi connectivity index (χ3v) is 9.63. The van der Waals surface area contributed by atoms with E-state index in [0.717, 1.165) is 22.6 Å². The number of amides is 2. The Hall–Kier alpha value is -5.10. The highest BCUT2D eigenvalue weighted by molar-refractivity contribution is 5.88. The lowest BCUT2D eigenvalue weighted by molar-refractivity contribution is -0.127. The third kappa shape index (κ3) is 8.36. The third-order valence-electron chi connectivity index (χ3n) is 9.63. The molecular weight excluding hydrogens is 620 g/mol. The molecule has 2 amide bonds. The van der Waals surface area contributed by atoms with Gasteiger partial charge < -0.3 is 19.3 Å². The molecule has 0 saturated carbocycles. The van der Waals surface area contributed by atoms with Crippen LogP contribution in [0.3, 0.4) is 0 Å². The number of carbonyl (C=O) groups is 2. The zero-order chi connectivity index (χ0) is 35.0. The molecule has 4 aromatic rings. The minimum absolute atomic E-state index is 0.0134. The minimum Gasteiger partial charge on any atom is -0.493 e. The summed E-state index contributed by atoms with van der Waals surface area (Å²) >= 11 is 0. The van der Waals surface area contributed by atoms with Gasteiger partial charge in [0.15, 0.2) is 0 Å². The summed E-state index contributed by atoms with van der Waals surface area (Å²) in [6.45, 7) is 13.6. The number of rotatable bonds is 12. The maximum absolute atomic E-state index is 13.5. The van der Waals surface area contributed by atoms with Gasteiger partial charge in [-0.2, -0.15) is 0 Å². The van der Waals surface area contributed by atoms with E-state index < -0.39 is 0 Å². The molecule has 6 rings (SSSR count). The summed E-state index contributed by atoms with van der Waals surface area (Å²) in [5.41, 5.74) is 7.08. The fraction of sp³-hybridized carbons (Fsp3) is 0.318. The van der Waals surface area contributed by atoms with Crippen molar-refractivity contribution in [1.29, 1.82) is 0 Å².